The van der Waals surface area contributed by atoms with E-state index in [1.165, 1.54) is 41.2 Å². The van der Waals surface area contributed by atoms with Gasteiger partial charge in [0, 0.05) is 61.8 Å². The molecule has 1 unspecified atom stereocenters. The fourth-order valence-corrected chi connectivity index (χ4v) is 4.95. The van der Waals surface area contributed by atoms with Crippen LogP contribution < -0.4 is 20.5 Å². The number of nitrogens with one attached hydrogen (secondary N) is 1. The van der Waals surface area contributed by atoms with Gasteiger partial charge >= 0.3 is 0 Å². The van der Waals surface area contributed by atoms with E-state index in [2.05, 4.69) is 44.8 Å². The van der Waals surface area contributed by atoms with Crippen LogP contribution in [-0.2, 0) is 0 Å². The molecule has 13 heteroatoms. The van der Waals surface area contributed by atoms with Gasteiger partial charge in [0.05, 0.1) is 23.8 Å². The van der Waals surface area contributed by atoms with E-state index in [0.29, 0.717) is 16.6 Å². The molecule has 1 atom stereocenters. The molecule has 3 aromatic rings. The summed E-state index contributed by atoms with van der Waals surface area (Å²) in [6, 6.07) is 5.65. The number of hydrazine groups is 1. The van der Waals surface area contributed by atoms with Crippen molar-refractivity contribution in [3.05, 3.63) is 75.6 Å². The van der Waals surface area contributed by atoms with Crippen molar-refractivity contribution in [2.45, 2.75) is 31.8 Å². The number of thiol groups is 1. The molecular weight excluding hydrogens is 590 g/mol. The third-order valence-electron chi connectivity index (χ3n) is 7.12. The minimum atomic E-state index is -2.87. The Balaban J connectivity index is 1.50. The van der Waals surface area contributed by atoms with E-state index in [0.717, 1.165) is 44.6 Å². The van der Waals surface area contributed by atoms with Crippen LogP contribution in [0, 0.1) is 17.8 Å². The minimum absolute atomic E-state index is 0.0159. The Hall–Kier alpha value is -4.41. The van der Waals surface area contributed by atoms with E-state index in [1.807, 2.05) is 7.05 Å². The molecule has 44 heavy (non-hydrogen) atoms. The molecule has 0 aromatic carbocycles. The number of pyridine rings is 3. The van der Waals surface area contributed by atoms with Crippen LogP contribution in [0.5, 0.6) is 11.5 Å². The maximum atomic E-state index is 13.7. The number of carbonyl (C=O) groups excluding carboxylic acids is 1. The molecule has 0 radical (unpaired) electrons. The summed E-state index contributed by atoms with van der Waals surface area (Å²) in [7, 11) is 4.97. The first-order valence-electron chi connectivity index (χ1n) is 14.0. The van der Waals surface area contributed by atoms with Crippen molar-refractivity contribution < 1.29 is 23.0 Å². The molecule has 2 fully saturated rings. The van der Waals surface area contributed by atoms with E-state index in [-0.39, 0.29) is 34.4 Å². The summed E-state index contributed by atoms with van der Waals surface area (Å²) >= 11 is 4.37. The van der Waals surface area contributed by atoms with Crippen molar-refractivity contribution in [2.75, 3.05) is 34.3 Å². The third kappa shape index (κ3) is 7.56. The Bertz CT molecular complexity index is 1700. The molecule has 0 bridgehead atoms. The summed E-state index contributed by atoms with van der Waals surface area (Å²) in [5.41, 5.74) is 2.20. The molecular formula is C31H32F2N6O4S. The number of likely N-dealkylation sites (N-methyl/N-ethyl adjacent to an activating group) is 1. The molecule has 230 valence electrons. The van der Waals surface area contributed by atoms with E-state index in [4.69, 9.17) is 9.47 Å². The zero-order valence-corrected chi connectivity index (χ0v) is 25.4. The van der Waals surface area contributed by atoms with Crippen molar-refractivity contribution in [1.29, 1.82) is 0 Å². The Morgan fingerprint density at radius 3 is 2.66 bits per heavy atom. The van der Waals surface area contributed by atoms with Crippen molar-refractivity contribution >= 4 is 18.5 Å². The number of ether oxygens (including phenoxy) is 2. The SMILES string of the molecule is COc1cnc(C(F)F)cc1-c1cc(-n2ccc(OC3CCN(C)C3)cc2=O)ncc1C(=O)NN(C)/C=C(\S)C#CC1CC1. The molecule has 0 spiro atoms. The summed E-state index contributed by atoms with van der Waals surface area (Å²) in [4.78, 5) is 37.4. The lowest BCUT2D eigenvalue weighted by Gasteiger charge is -2.19. The molecule has 5 rings (SSSR count). The van der Waals surface area contributed by atoms with Gasteiger partial charge < -0.3 is 14.4 Å². The summed E-state index contributed by atoms with van der Waals surface area (Å²) < 4.78 is 40.0. The van der Waals surface area contributed by atoms with Gasteiger partial charge in [-0.1, -0.05) is 11.8 Å². The van der Waals surface area contributed by atoms with E-state index in [1.54, 1.807) is 19.3 Å². The number of rotatable bonds is 9. The first-order chi connectivity index (χ1) is 21.1. The number of halogens is 2. The molecule has 1 N–H and O–H groups in total. The predicted molar refractivity (Wildman–Crippen MR) is 164 cm³/mol. The second kappa shape index (κ2) is 13.5. The fraction of sp³-hybridized carbons (Fsp3) is 0.355. The third-order valence-corrected chi connectivity index (χ3v) is 7.35. The Labute approximate surface area is 259 Å². The van der Waals surface area contributed by atoms with E-state index < -0.39 is 23.6 Å². The zero-order chi connectivity index (χ0) is 31.4. The van der Waals surface area contributed by atoms with E-state index >= 15 is 0 Å². The van der Waals surface area contributed by atoms with Crippen LogP contribution in [0.2, 0.25) is 0 Å². The summed E-state index contributed by atoms with van der Waals surface area (Å²) in [6.07, 6.45) is 5.63. The summed E-state index contributed by atoms with van der Waals surface area (Å²) in [5, 5.41) is 1.39. The molecule has 1 aliphatic heterocycles. The van der Waals surface area contributed by atoms with Gasteiger partial charge in [-0.3, -0.25) is 29.6 Å². The van der Waals surface area contributed by atoms with Gasteiger partial charge in [-0.25, -0.2) is 13.8 Å². The molecule has 2 aliphatic rings. The number of methoxy groups -OCH3 is 1. The highest BCUT2D eigenvalue weighted by atomic mass is 32.1. The number of allylic oxidation sites excluding steroid dienone is 1. The quantitative estimate of drug-likeness (QED) is 0.209. The topological polar surface area (TPSA) is 102 Å². The average molecular weight is 623 g/mol. The average Bonchev–Trinajstić information content (AvgIpc) is 3.74. The van der Waals surface area contributed by atoms with Gasteiger partial charge in [0.2, 0.25) is 0 Å². The zero-order valence-electron chi connectivity index (χ0n) is 24.5. The first kappa shape index (κ1) is 31.0. The van der Waals surface area contributed by atoms with Gasteiger partial charge in [-0.05, 0) is 44.5 Å². The largest absolute Gasteiger partial charge is 0.494 e. The number of amides is 1. The lowest BCUT2D eigenvalue weighted by molar-refractivity contribution is 0.0873. The van der Waals surface area contributed by atoms with Crippen molar-refractivity contribution in [2.24, 2.45) is 5.92 Å². The monoisotopic (exact) mass is 622 g/mol. The van der Waals surface area contributed by atoms with Crippen LogP contribution >= 0.6 is 12.6 Å². The van der Waals surface area contributed by atoms with Crippen LogP contribution in [0.15, 0.2) is 58.8 Å². The Morgan fingerprint density at radius 2 is 2.00 bits per heavy atom. The van der Waals surface area contributed by atoms with Crippen LogP contribution in [0.4, 0.5) is 8.78 Å². The number of nitrogens with zero attached hydrogens (tertiary/aromatic N) is 5. The van der Waals surface area contributed by atoms with Crippen LogP contribution in [0.25, 0.3) is 16.9 Å². The highest BCUT2D eigenvalue weighted by Crippen LogP contribution is 2.35. The van der Waals surface area contributed by atoms with Crippen molar-refractivity contribution in [3.63, 3.8) is 0 Å². The molecule has 10 nitrogen and oxygen atoms in total. The second-order valence-electron chi connectivity index (χ2n) is 10.7. The van der Waals surface area contributed by atoms with Gasteiger partial charge in [0.15, 0.2) is 0 Å². The minimum Gasteiger partial charge on any atom is -0.494 e. The van der Waals surface area contributed by atoms with Crippen LogP contribution in [-0.4, -0.2) is 70.7 Å². The molecule has 1 saturated heterocycles. The van der Waals surface area contributed by atoms with E-state index in [9.17, 15) is 18.4 Å². The number of alkyl halides is 2. The molecule has 3 aromatic heterocycles. The predicted octanol–water partition coefficient (Wildman–Crippen LogP) is 4.08. The maximum Gasteiger partial charge on any atom is 0.280 e. The molecule has 1 aliphatic carbocycles. The number of likely N-dealkylation sites (tertiary alicyclic amines) is 1. The van der Waals surface area contributed by atoms with Gasteiger partial charge in [-0.2, -0.15) is 0 Å². The molecule has 1 amide bonds. The molecule has 1 saturated carbocycles. The molecule has 4 heterocycles. The number of carbonyl (C=O) groups is 1. The highest BCUT2D eigenvalue weighted by Gasteiger charge is 2.23. The Kier molecular flexibility index (Phi) is 9.51. The second-order valence-corrected chi connectivity index (χ2v) is 11.2. The summed E-state index contributed by atoms with van der Waals surface area (Å²) in [5.74, 6) is 6.57. The number of aromatic nitrogens is 3. The fourth-order valence-electron chi connectivity index (χ4n) is 4.71. The van der Waals surface area contributed by atoms with Crippen LogP contribution in [0.3, 0.4) is 0 Å². The van der Waals surface area contributed by atoms with Crippen molar-refractivity contribution in [3.8, 4) is 40.3 Å². The smallest absolute Gasteiger partial charge is 0.280 e. The van der Waals surface area contributed by atoms with Gasteiger partial charge in [0.1, 0.15) is 29.1 Å². The lowest BCUT2D eigenvalue weighted by atomic mass is 10.00. The number of hydrogen-bond acceptors (Lipinski definition) is 9. The standard InChI is InChI=1S/C31H32F2N6O4S/c1-37-10-8-21(17-37)43-20-9-11-39(29(40)12-20)28-14-23(24-13-26(30(32)33)34-16-27(24)42-3)25(15-35-28)31(41)36-38(2)18-22(44)7-6-19-4-5-19/h9,11-16,18-19,21,30,44H,4-5,8,10,17H2,1-3H3,(H,36,41)/b22-18-. The van der Waals surface area contributed by atoms with Gasteiger partial charge in [0.25, 0.3) is 17.9 Å². The first-order valence-corrected chi connectivity index (χ1v) is 14.4. The number of hydrogen-bond donors (Lipinski definition) is 2. The lowest BCUT2D eigenvalue weighted by Crippen LogP contribution is -2.36. The van der Waals surface area contributed by atoms with Crippen LogP contribution in [0.1, 0.15) is 41.7 Å². The highest BCUT2D eigenvalue weighted by molar-refractivity contribution is 7.84. The Morgan fingerprint density at radius 1 is 1.20 bits per heavy atom. The maximum absolute atomic E-state index is 13.7. The van der Waals surface area contributed by atoms with Gasteiger partial charge in [-0.15, -0.1) is 12.6 Å². The normalized spacial score (nSPS) is 16.8. The van der Waals surface area contributed by atoms with Crippen molar-refractivity contribution in [1.82, 2.24) is 29.9 Å². The summed E-state index contributed by atoms with van der Waals surface area (Å²) in [6.45, 7) is 1.68.